The molecule has 2 aromatic heterocycles. The number of hydrogen-bond acceptors (Lipinski definition) is 5. The number of aryl methyl sites for hydroxylation is 1. The van der Waals surface area contributed by atoms with Gasteiger partial charge >= 0.3 is 6.01 Å². The molecule has 132 valence electrons. The molecule has 0 unspecified atom stereocenters. The average Bonchev–Trinajstić information content (AvgIpc) is 3.30. The Morgan fingerprint density at radius 3 is 2.62 bits per heavy atom. The van der Waals surface area contributed by atoms with Crippen LogP contribution in [0.3, 0.4) is 0 Å². The zero-order valence-corrected chi connectivity index (χ0v) is 14.8. The molecule has 1 aromatic carbocycles. The minimum Gasteiger partial charge on any atom is -0.408 e. The summed E-state index contributed by atoms with van der Waals surface area (Å²) in [7, 11) is 0. The monoisotopic (exact) mass is 346 g/mol. The van der Waals surface area contributed by atoms with Crippen LogP contribution in [0.1, 0.15) is 41.8 Å². The smallest absolute Gasteiger partial charge is 0.318 e. The molecule has 1 saturated heterocycles. The van der Waals surface area contributed by atoms with E-state index >= 15 is 0 Å². The fourth-order valence-corrected chi connectivity index (χ4v) is 4.53. The lowest BCUT2D eigenvalue weighted by atomic mass is 9.74. The standard InChI is InChI=1S/C21H22N4O/c1-2-4-18-17(3-1)5-8-21(18)9-13-25(14-10-21)20-24-23-19(26-20)15-16-6-11-22-12-7-16/h1-4,6-7,11-12H,5,8-10,13-15H2. The van der Waals surface area contributed by atoms with E-state index in [0.717, 1.165) is 31.5 Å². The molecule has 1 aliphatic heterocycles. The van der Waals surface area contributed by atoms with Crippen LogP contribution in [0.4, 0.5) is 6.01 Å². The van der Waals surface area contributed by atoms with E-state index in [-0.39, 0.29) is 0 Å². The van der Waals surface area contributed by atoms with Crippen LogP contribution in [0.15, 0.2) is 53.2 Å². The van der Waals surface area contributed by atoms with Crippen molar-refractivity contribution in [2.75, 3.05) is 18.0 Å². The number of fused-ring (bicyclic) bond motifs is 2. The molecule has 5 heteroatoms. The number of rotatable bonds is 3. The minimum atomic E-state index is 0.354. The van der Waals surface area contributed by atoms with E-state index in [0.29, 0.717) is 23.7 Å². The molecule has 3 aromatic rings. The fourth-order valence-electron chi connectivity index (χ4n) is 4.53. The van der Waals surface area contributed by atoms with Crippen LogP contribution in [0, 0.1) is 0 Å². The van der Waals surface area contributed by atoms with Crippen molar-refractivity contribution >= 4 is 6.01 Å². The van der Waals surface area contributed by atoms with Crippen LogP contribution < -0.4 is 4.90 Å². The van der Waals surface area contributed by atoms with Gasteiger partial charge in [0, 0.05) is 25.5 Å². The van der Waals surface area contributed by atoms with Gasteiger partial charge in [0.05, 0.1) is 6.42 Å². The number of benzene rings is 1. The van der Waals surface area contributed by atoms with Gasteiger partial charge in [0.2, 0.25) is 5.89 Å². The molecule has 0 radical (unpaired) electrons. The summed E-state index contributed by atoms with van der Waals surface area (Å²) in [4.78, 5) is 6.29. The number of anilines is 1. The van der Waals surface area contributed by atoms with Crippen LogP contribution in [-0.2, 0) is 18.3 Å². The lowest BCUT2D eigenvalue weighted by molar-refractivity contribution is 0.319. The molecular formula is C21H22N4O. The van der Waals surface area contributed by atoms with Crippen molar-refractivity contribution in [3.63, 3.8) is 0 Å². The first kappa shape index (κ1) is 15.6. The summed E-state index contributed by atoms with van der Waals surface area (Å²) in [5, 5.41) is 8.52. The Balaban J connectivity index is 1.28. The van der Waals surface area contributed by atoms with Crippen molar-refractivity contribution in [3.8, 4) is 0 Å². The topological polar surface area (TPSA) is 55.1 Å². The van der Waals surface area contributed by atoms with Gasteiger partial charge < -0.3 is 9.32 Å². The number of hydrogen-bond donors (Lipinski definition) is 0. The summed E-state index contributed by atoms with van der Waals surface area (Å²) in [5.74, 6) is 0.665. The van der Waals surface area contributed by atoms with Crippen LogP contribution in [0.25, 0.3) is 0 Å². The normalized spacial score (nSPS) is 18.2. The van der Waals surface area contributed by atoms with Gasteiger partial charge in [-0.25, -0.2) is 0 Å². The Morgan fingerprint density at radius 1 is 0.962 bits per heavy atom. The Labute approximate surface area is 153 Å². The van der Waals surface area contributed by atoms with Gasteiger partial charge in [0.25, 0.3) is 0 Å². The first-order valence-corrected chi connectivity index (χ1v) is 9.37. The molecular weight excluding hydrogens is 324 g/mol. The van der Waals surface area contributed by atoms with Gasteiger partial charge in [0.15, 0.2) is 0 Å². The number of pyridine rings is 1. The maximum absolute atomic E-state index is 5.93. The summed E-state index contributed by atoms with van der Waals surface area (Å²) in [6, 6.07) is 13.6. The fraction of sp³-hybridized carbons (Fsp3) is 0.381. The maximum atomic E-state index is 5.93. The Hall–Kier alpha value is -2.69. The van der Waals surface area contributed by atoms with Gasteiger partial charge in [-0.05, 0) is 59.9 Å². The molecule has 2 aliphatic rings. The van der Waals surface area contributed by atoms with Crippen molar-refractivity contribution in [1.29, 1.82) is 0 Å². The van der Waals surface area contributed by atoms with Gasteiger partial charge in [0.1, 0.15) is 0 Å². The quantitative estimate of drug-likeness (QED) is 0.726. The van der Waals surface area contributed by atoms with E-state index in [4.69, 9.17) is 4.42 Å². The number of aromatic nitrogens is 3. The number of piperidine rings is 1. The molecule has 5 rings (SSSR count). The van der Waals surface area contributed by atoms with Gasteiger partial charge in [-0.1, -0.05) is 29.4 Å². The Morgan fingerprint density at radius 2 is 1.77 bits per heavy atom. The second kappa shape index (κ2) is 6.24. The Bertz CT molecular complexity index is 897. The third kappa shape index (κ3) is 2.68. The van der Waals surface area contributed by atoms with Gasteiger partial charge in [-0.15, -0.1) is 5.10 Å². The van der Waals surface area contributed by atoms with Gasteiger partial charge in [-0.3, -0.25) is 4.98 Å². The average molecular weight is 346 g/mol. The molecule has 0 saturated carbocycles. The van der Waals surface area contributed by atoms with Crippen molar-refractivity contribution in [2.45, 2.75) is 37.5 Å². The number of nitrogens with zero attached hydrogens (tertiary/aromatic N) is 4. The van der Waals surface area contributed by atoms with Crippen LogP contribution in [-0.4, -0.2) is 28.3 Å². The molecule has 0 bridgehead atoms. The highest BCUT2D eigenvalue weighted by Crippen LogP contribution is 2.46. The summed E-state index contributed by atoms with van der Waals surface area (Å²) in [6.45, 7) is 1.95. The highest BCUT2D eigenvalue weighted by molar-refractivity contribution is 5.41. The lowest BCUT2D eigenvalue weighted by Gasteiger charge is -2.39. The summed E-state index contributed by atoms with van der Waals surface area (Å²) in [6.07, 6.45) is 9.04. The van der Waals surface area contributed by atoms with E-state index in [1.165, 1.54) is 12.8 Å². The largest absolute Gasteiger partial charge is 0.408 e. The van der Waals surface area contributed by atoms with E-state index in [2.05, 4.69) is 44.3 Å². The van der Waals surface area contributed by atoms with Crippen molar-refractivity contribution in [3.05, 3.63) is 71.4 Å². The molecule has 0 N–H and O–H groups in total. The van der Waals surface area contributed by atoms with Crippen LogP contribution >= 0.6 is 0 Å². The van der Waals surface area contributed by atoms with E-state index in [1.807, 2.05) is 12.1 Å². The molecule has 5 nitrogen and oxygen atoms in total. The molecule has 1 fully saturated rings. The van der Waals surface area contributed by atoms with E-state index < -0.39 is 0 Å². The highest BCUT2D eigenvalue weighted by atomic mass is 16.4. The van der Waals surface area contributed by atoms with Crippen LogP contribution in [0.2, 0.25) is 0 Å². The maximum Gasteiger partial charge on any atom is 0.318 e. The first-order chi connectivity index (χ1) is 12.8. The predicted molar refractivity (Wildman–Crippen MR) is 99.2 cm³/mol. The van der Waals surface area contributed by atoms with E-state index in [1.54, 1.807) is 23.5 Å². The Kier molecular flexibility index (Phi) is 3.73. The summed E-state index contributed by atoms with van der Waals surface area (Å²) in [5.41, 5.74) is 4.60. The lowest BCUT2D eigenvalue weighted by Crippen LogP contribution is -2.41. The molecule has 0 amide bonds. The third-order valence-electron chi connectivity index (χ3n) is 6.01. The first-order valence-electron chi connectivity index (χ1n) is 9.37. The highest BCUT2D eigenvalue weighted by Gasteiger charge is 2.41. The summed E-state index contributed by atoms with van der Waals surface area (Å²) >= 11 is 0. The van der Waals surface area contributed by atoms with Crippen LogP contribution in [0.5, 0.6) is 0 Å². The second-order valence-electron chi connectivity index (χ2n) is 7.44. The SMILES string of the molecule is c1ccc2c(c1)CCC21CCN(c2nnc(Cc3ccncc3)o2)CC1. The van der Waals surface area contributed by atoms with Crippen molar-refractivity contribution < 1.29 is 4.42 Å². The zero-order valence-electron chi connectivity index (χ0n) is 14.8. The molecule has 1 aliphatic carbocycles. The van der Waals surface area contributed by atoms with Crippen molar-refractivity contribution in [1.82, 2.24) is 15.2 Å². The predicted octanol–water partition coefficient (Wildman–Crippen LogP) is 3.54. The summed E-state index contributed by atoms with van der Waals surface area (Å²) < 4.78 is 5.93. The van der Waals surface area contributed by atoms with E-state index in [9.17, 15) is 0 Å². The minimum absolute atomic E-state index is 0.354. The van der Waals surface area contributed by atoms with Gasteiger partial charge in [-0.2, -0.15) is 0 Å². The third-order valence-corrected chi connectivity index (χ3v) is 6.01. The second-order valence-corrected chi connectivity index (χ2v) is 7.44. The molecule has 26 heavy (non-hydrogen) atoms. The zero-order chi connectivity index (χ0) is 17.4. The molecule has 1 spiro atoms. The molecule has 0 atom stereocenters. The van der Waals surface area contributed by atoms with Crippen molar-refractivity contribution in [2.24, 2.45) is 0 Å². The molecule has 3 heterocycles.